The normalized spacial score (nSPS) is 9.09. The lowest BCUT2D eigenvalue weighted by molar-refractivity contribution is 0.746. The highest BCUT2D eigenvalue weighted by Gasteiger charge is 2.04. The van der Waals surface area contributed by atoms with Gasteiger partial charge in [0.25, 0.3) is 0 Å². The molecule has 0 atom stereocenters. The number of halogens is 2. The Labute approximate surface area is 80.1 Å². The monoisotopic (exact) mass is 240 g/mol. The van der Waals surface area contributed by atoms with Gasteiger partial charge < -0.3 is 4.90 Å². The van der Waals surface area contributed by atoms with Crippen LogP contribution in [0.1, 0.15) is 0 Å². The molecule has 0 radical (unpaired) electrons. The molecule has 0 spiro atoms. The third-order valence-corrected chi connectivity index (χ3v) is 1.45. The van der Waals surface area contributed by atoms with Crippen LogP contribution in [0.3, 0.4) is 0 Å². The van der Waals surface area contributed by atoms with Crippen molar-refractivity contribution in [3.63, 3.8) is 0 Å². The number of aryl methyl sites for hydroxylation is 1. The van der Waals surface area contributed by atoms with Gasteiger partial charge in [-0.1, -0.05) is 0 Å². The van der Waals surface area contributed by atoms with Crippen LogP contribution < -0.4 is 4.90 Å². The number of hydrogen-bond donors (Lipinski definition) is 0. The summed E-state index contributed by atoms with van der Waals surface area (Å²) in [6.07, 6.45) is 0. The van der Waals surface area contributed by atoms with E-state index >= 15 is 0 Å². The van der Waals surface area contributed by atoms with Crippen molar-refractivity contribution in [2.24, 2.45) is 7.05 Å². The zero-order valence-electron chi connectivity index (χ0n) is 6.58. The van der Waals surface area contributed by atoms with Crippen LogP contribution in [0, 0.1) is 0 Å². The van der Waals surface area contributed by atoms with Crippen molar-refractivity contribution in [3.05, 3.63) is 4.73 Å². The Morgan fingerprint density at radius 1 is 1.45 bits per heavy atom. The number of aromatic nitrogens is 3. The van der Waals surface area contributed by atoms with Crippen molar-refractivity contribution in [2.75, 3.05) is 19.0 Å². The highest BCUT2D eigenvalue weighted by Crippen LogP contribution is 2.09. The molecule has 11 heavy (non-hydrogen) atoms. The van der Waals surface area contributed by atoms with Gasteiger partial charge in [0.05, 0.1) is 0 Å². The van der Waals surface area contributed by atoms with Crippen molar-refractivity contribution < 1.29 is 0 Å². The van der Waals surface area contributed by atoms with Crippen molar-refractivity contribution >= 4 is 34.3 Å². The fourth-order valence-corrected chi connectivity index (χ4v) is 1.13. The third kappa shape index (κ3) is 2.34. The van der Waals surface area contributed by atoms with Gasteiger partial charge in [-0.15, -0.1) is 17.5 Å². The zero-order valence-corrected chi connectivity index (χ0v) is 8.98. The third-order valence-electron chi connectivity index (χ3n) is 1.11. The Kier molecular flexibility index (Phi) is 3.82. The van der Waals surface area contributed by atoms with Crippen molar-refractivity contribution in [1.29, 1.82) is 0 Å². The van der Waals surface area contributed by atoms with Crippen molar-refractivity contribution in [3.8, 4) is 0 Å². The average Bonchev–Trinajstić information content (AvgIpc) is 2.10. The lowest BCUT2D eigenvalue weighted by Gasteiger charge is -2.08. The molecule has 1 heterocycles. The molecule has 0 aliphatic rings. The quantitative estimate of drug-likeness (QED) is 0.737. The predicted octanol–water partition coefficient (Wildman–Crippen LogP) is 1.07. The molecule has 64 valence electrons. The van der Waals surface area contributed by atoms with E-state index in [0.29, 0.717) is 4.73 Å². The summed E-state index contributed by atoms with van der Waals surface area (Å²) in [5.74, 6) is 0.840. The number of rotatable bonds is 1. The topological polar surface area (TPSA) is 34.0 Å². The van der Waals surface area contributed by atoms with Crippen LogP contribution in [-0.2, 0) is 7.05 Å². The van der Waals surface area contributed by atoms with E-state index in [9.17, 15) is 0 Å². The molecule has 1 rings (SSSR count). The van der Waals surface area contributed by atoms with Crippen LogP contribution in [0.2, 0.25) is 0 Å². The minimum absolute atomic E-state index is 0. The van der Waals surface area contributed by atoms with Crippen molar-refractivity contribution in [1.82, 2.24) is 14.8 Å². The number of hydrogen-bond acceptors (Lipinski definition) is 3. The maximum Gasteiger partial charge on any atom is 0.224 e. The first kappa shape index (κ1) is 10.7. The molecular weight excluding hydrogens is 231 g/mol. The SMILES string of the molecule is CN(C)c1nc(Br)nn1C.Cl. The summed E-state index contributed by atoms with van der Waals surface area (Å²) in [5.41, 5.74) is 0. The highest BCUT2D eigenvalue weighted by atomic mass is 79.9. The summed E-state index contributed by atoms with van der Waals surface area (Å²) >= 11 is 3.18. The van der Waals surface area contributed by atoms with Gasteiger partial charge in [-0.05, 0) is 15.9 Å². The Bertz CT molecular complexity index is 234. The van der Waals surface area contributed by atoms with Gasteiger partial charge in [-0.3, -0.25) is 0 Å². The van der Waals surface area contributed by atoms with Crippen LogP contribution in [0.25, 0.3) is 0 Å². The summed E-state index contributed by atoms with van der Waals surface area (Å²) in [7, 11) is 5.71. The second-order valence-electron chi connectivity index (χ2n) is 2.20. The molecule has 0 aliphatic carbocycles. The minimum atomic E-state index is 0. The zero-order chi connectivity index (χ0) is 7.72. The Hall–Kier alpha value is -0.290. The second kappa shape index (κ2) is 3.92. The largest absolute Gasteiger partial charge is 0.347 e. The molecule has 0 saturated heterocycles. The Morgan fingerprint density at radius 3 is 2.18 bits per heavy atom. The lowest BCUT2D eigenvalue weighted by Crippen LogP contribution is -2.14. The van der Waals surface area contributed by atoms with Crippen LogP contribution in [0.4, 0.5) is 5.95 Å². The smallest absolute Gasteiger partial charge is 0.224 e. The summed E-state index contributed by atoms with van der Waals surface area (Å²) in [5, 5.41) is 4.01. The van der Waals surface area contributed by atoms with Crippen LogP contribution in [-0.4, -0.2) is 28.9 Å². The summed E-state index contributed by atoms with van der Waals surface area (Å²) in [6, 6.07) is 0. The first-order chi connectivity index (χ1) is 4.61. The van der Waals surface area contributed by atoms with E-state index in [1.54, 1.807) is 4.68 Å². The van der Waals surface area contributed by atoms with E-state index in [1.807, 2.05) is 26.0 Å². The van der Waals surface area contributed by atoms with E-state index in [0.717, 1.165) is 5.95 Å². The molecule has 0 saturated carbocycles. The number of anilines is 1. The van der Waals surface area contributed by atoms with Gasteiger partial charge in [0, 0.05) is 21.1 Å². The lowest BCUT2D eigenvalue weighted by atomic mass is 10.8. The van der Waals surface area contributed by atoms with Gasteiger partial charge in [0.15, 0.2) is 0 Å². The van der Waals surface area contributed by atoms with E-state index in [2.05, 4.69) is 26.0 Å². The van der Waals surface area contributed by atoms with E-state index in [4.69, 9.17) is 0 Å². The Morgan fingerprint density at radius 2 is 2.00 bits per heavy atom. The van der Waals surface area contributed by atoms with Crippen LogP contribution in [0.15, 0.2) is 4.73 Å². The molecule has 0 fully saturated rings. The van der Waals surface area contributed by atoms with Crippen LogP contribution >= 0.6 is 28.3 Å². The van der Waals surface area contributed by atoms with Gasteiger partial charge >= 0.3 is 0 Å². The molecule has 1 aromatic heterocycles. The summed E-state index contributed by atoms with van der Waals surface area (Å²) in [4.78, 5) is 6.00. The molecule has 1 aromatic rings. The van der Waals surface area contributed by atoms with E-state index in [1.165, 1.54) is 0 Å². The molecule has 0 N–H and O–H groups in total. The minimum Gasteiger partial charge on any atom is -0.347 e. The van der Waals surface area contributed by atoms with Gasteiger partial charge in [0.2, 0.25) is 10.7 Å². The number of nitrogens with zero attached hydrogens (tertiary/aromatic N) is 4. The van der Waals surface area contributed by atoms with Gasteiger partial charge in [-0.25, -0.2) is 4.68 Å². The molecular formula is C5H10BrClN4. The molecule has 0 aromatic carbocycles. The molecule has 6 heteroatoms. The van der Waals surface area contributed by atoms with E-state index < -0.39 is 0 Å². The first-order valence-electron chi connectivity index (χ1n) is 2.85. The fraction of sp³-hybridized carbons (Fsp3) is 0.600. The Balaban J connectivity index is 0.000001000. The summed E-state index contributed by atoms with van der Waals surface area (Å²) < 4.78 is 2.34. The van der Waals surface area contributed by atoms with E-state index in [-0.39, 0.29) is 12.4 Å². The van der Waals surface area contributed by atoms with Gasteiger partial charge in [0.1, 0.15) is 0 Å². The molecule has 0 amide bonds. The maximum absolute atomic E-state index is 4.10. The second-order valence-corrected chi connectivity index (χ2v) is 2.91. The van der Waals surface area contributed by atoms with Gasteiger partial charge in [-0.2, -0.15) is 4.98 Å². The van der Waals surface area contributed by atoms with Crippen molar-refractivity contribution in [2.45, 2.75) is 0 Å². The first-order valence-corrected chi connectivity index (χ1v) is 3.64. The predicted molar refractivity (Wildman–Crippen MR) is 50.3 cm³/mol. The van der Waals surface area contributed by atoms with Crippen LogP contribution in [0.5, 0.6) is 0 Å². The standard InChI is InChI=1S/C5H9BrN4.ClH/c1-9(2)5-7-4(6)8-10(5)3;/h1-3H3;1H. The molecule has 0 unspecified atom stereocenters. The fourth-order valence-electron chi connectivity index (χ4n) is 0.735. The maximum atomic E-state index is 4.10. The molecule has 4 nitrogen and oxygen atoms in total. The molecule has 0 aliphatic heterocycles. The summed E-state index contributed by atoms with van der Waals surface area (Å²) in [6.45, 7) is 0. The average molecular weight is 242 g/mol. The molecule has 0 bridgehead atoms. The highest BCUT2D eigenvalue weighted by molar-refractivity contribution is 9.10.